The molecule has 1 aliphatic rings. The molecule has 0 spiro atoms. The Balaban J connectivity index is 1.94. The van der Waals surface area contributed by atoms with E-state index in [1.807, 2.05) is 0 Å². The summed E-state index contributed by atoms with van der Waals surface area (Å²) >= 11 is 12.1. The molecule has 0 amide bonds. The maximum atomic E-state index is 12.0. The molecule has 1 fully saturated rings. The summed E-state index contributed by atoms with van der Waals surface area (Å²) < 4.78 is 0. The summed E-state index contributed by atoms with van der Waals surface area (Å²) in [4.78, 5) is 12.0. The minimum atomic E-state index is 0.221. The molecule has 1 aliphatic heterocycles. The van der Waals surface area contributed by atoms with E-state index in [-0.39, 0.29) is 5.78 Å². The van der Waals surface area contributed by atoms with Gasteiger partial charge < -0.3 is 5.32 Å². The topological polar surface area (TPSA) is 29.1 Å². The highest BCUT2D eigenvalue weighted by Crippen LogP contribution is 2.26. The van der Waals surface area contributed by atoms with Crippen LogP contribution in [0.5, 0.6) is 0 Å². The first-order chi connectivity index (χ1) is 8.66. The Morgan fingerprint density at radius 1 is 1.33 bits per heavy atom. The summed E-state index contributed by atoms with van der Waals surface area (Å²) in [5.74, 6) is 0.686. The van der Waals surface area contributed by atoms with Crippen LogP contribution in [0.3, 0.4) is 0 Å². The van der Waals surface area contributed by atoms with Gasteiger partial charge in [-0.05, 0) is 49.5 Å². The lowest BCUT2D eigenvalue weighted by Gasteiger charge is -2.22. The molecule has 2 nitrogen and oxygen atoms in total. The van der Waals surface area contributed by atoms with E-state index in [9.17, 15) is 4.79 Å². The summed E-state index contributed by atoms with van der Waals surface area (Å²) in [6, 6.07) is 5.35. The van der Waals surface area contributed by atoms with E-state index in [1.165, 1.54) is 0 Å². The Hall–Kier alpha value is -0.570. The third-order valence-electron chi connectivity index (χ3n) is 3.35. The van der Waals surface area contributed by atoms with Gasteiger partial charge in [0.1, 0.15) is 5.78 Å². The molecular formula is C14H17Cl2NO. The van der Waals surface area contributed by atoms with Crippen LogP contribution in [-0.4, -0.2) is 18.9 Å². The second-order valence-electron chi connectivity index (χ2n) is 4.83. The predicted molar refractivity (Wildman–Crippen MR) is 75.4 cm³/mol. The average molecular weight is 286 g/mol. The Morgan fingerprint density at radius 3 is 2.67 bits per heavy atom. The average Bonchev–Trinajstić information content (AvgIpc) is 2.35. The SMILES string of the molecule is O=C(Cc1c(Cl)cccc1Cl)CC1CCCNC1. The van der Waals surface area contributed by atoms with Crippen molar-refractivity contribution in [1.82, 2.24) is 5.32 Å². The van der Waals surface area contributed by atoms with Crippen LogP contribution >= 0.6 is 23.2 Å². The van der Waals surface area contributed by atoms with Crippen LogP contribution in [0.25, 0.3) is 0 Å². The number of nitrogens with one attached hydrogen (secondary N) is 1. The Morgan fingerprint density at radius 2 is 2.06 bits per heavy atom. The molecule has 1 N–H and O–H groups in total. The van der Waals surface area contributed by atoms with Gasteiger partial charge in [-0.15, -0.1) is 0 Å². The number of rotatable bonds is 4. The molecule has 1 saturated heterocycles. The number of hydrogen-bond acceptors (Lipinski definition) is 2. The lowest BCUT2D eigenvalue weighted by molar-refractivity contribution is -0.119. The summed E-state index contributed by atoms with van der Waals surface area (Å²) in [7, 11) is 0. The van der Waals surface area contributed by atoms with E-state index in [0.717, 1.165) is 31.5 Å². The molecule has 0 radical (unpaired) electrons. The van der Waals surface area contributed by atoms with Gasteiger partial charge in [-0.3, -0.25) is 4.79 Å². The van der Waals surface area contributed by atoms with Crippen LogP contribution in [0, 0.1) is 5.92 Å². The lowest BCUT2D eigenvalue weighted by Crippen LogP contribution is -2.31. The number of hydrogen-bond donors (Lipinski definition) is 1. The van der Waals surface area contributed by atoms with Crippen molar-refractivity contribution in [3.63, 3.8) is 0 Å². The molecule has 1 atom stereocenters. The van der Waals surface area contributed by atoms with Crippen molar-refractivity contribution in [1.29, 1.82) is 0 Å². The van der Waals surface area contributed by atoms with Gasteiger partial charge in [0.05, 0.1) is 0 Å². The molecular weight excluding hydrogens is 269 g/mol. The van der Waals surface area contributed by atoms with Gasteiger partial charge in [0.15, 0.2) is 0 Å². The maximum absolute atomic E-state index is 12.0. The third-order valence-corrected chi connectivity index (χ3v) is 4.06. The molecule has 0 bridgehead atoms. The summed E-state index contributed by atoms with van der Waals surface area (Å²) in [6.07, 6.45) is 3.25. The van der Waals surface area contributed by atoms with Gasteiger partial charge in [-0.25, -0.2) is 0 Å². The van der Waals surface area contributed by atoms with Crippen molar-refractivity contribution in [2.45, 2.75) is 25.7 Å². The van der Waals surface area contributed by atoms with Crippen molar-refractivity contribution in [2.75, 3.05) is 13.1 Å². The number of benzene rings is 1. The molecule has 0 aliphatic carbocycles. The molecule has 0 saturated carbocycles. The normalized spacial score (nSPS) is 19.8. The van der Waals surface area contributed by atoms with Crippen LogP contribution in [0.4, 0.5) is 0 Å². The highest BCUT2D eigenvalue weighted by molar-refractivity contribution is 6.36. The fourth-order valence-electron chi connectivity index (χ4n) is 2.39. The number of carbonyl (C=O) groups excluding carboxylic acids is 1. The molecule has 4 heteroatoms. The number of piperidine rings is 1. The number of carbonyl (C=O) groups is 1. The van der Waals surface area contributed by atoms with Gasteiger partial charge in [0.2, 0.25) is 0 Å². The van der Waals surface area contributed by atoms with E-state index in [4.69, 9.17) is 23.2 Å². The summed E-state index contributed by atoms with van der Waals surface area (Å²) in [5, 5.41) is 4.48. The second-order valence-corrected chi connectivity index (χ2v) is 5.65. The van der Waals surface area contributed by atoms with E-state index in [0.29, 0.717) is 28.8 Å². The molecule has 2 rings (SSSR count). The fourth-order valence-corrected chi connectivity index (χ4v) is 2.92. The quantitative estimate of drug-likeness (QED) is 0.918. The first-order valence-electron chi connectivity index (χ1n) is 6.32. The van der Waals surface area contributed by atoms with Crippen molar-refractivity contribution < 1.29 is 4.79 Å². The van der Waals surface area contributed by atoms with Crippen molar-refractivity contribution in [3.8, 4) is 0 Å². The van der Waals surface area contributed by atoms with Gasteiger partial charge in [0, 0.05) is 22.9 Å². The molecule has 1 aromatic carbocycles. The molecule has 0 aromatic heterocycles. The molecule has 98 valence electrons. The van der Waals surface area contributed by atoms with Crippen molar-refractivity contribution in [2.24, 2.45) is 5.92 Å². The van der Waals surface area contributed by atoms with E-state index in [1.54, 1.807) is 18.2 Å². The standard InChI is InChI=1S/C14H17Cl2NO/c15-13-4-1-5-14(16)12(13)8-11(18)7-10-3-2-6-17-9-10/h1,4-5,10,17H,2-3,6-9H2. The van der Waals surface area contributed by atoms with E-state index >= 15 is 0 Å². The zero-order valence-corrected chi connectivity index (χ0v) is 11.7. The highest BCUT2D eigenvalue weighted by Gasteiger charge is 2.18. The lowest BCUT2D eigenvalue weighted by atomic mass is 9.92. The number of Topliss-reactive ketones (excluding diaryl/α,β-unsaturated/α-hetero) is 1. The van der Waals surface area contributed by atoms with E-state index in [2.05, 4.69) is 5.32 Å². The summed E-state index contributed by atoms with van der Waals surface area (Å²) in [6.45, 7) is 2.02. The summed E-state index contributed by atoms with van der Waals surface area (Å²) in [5.41, 5.74) is 0.759. The monoisotopic (exact) mass is 285 g/mol. The largest absolute Gasteiger partial charge is 0.316 e. The van der Waals surface area contributed by atoms with E-state index < -0.39 is 0 Å². The van der Waals surface area contributed by atoms with Crippen LogP contribution in [0.1, 0.15) is 24.8 Å². The third kappa shape index (κ3) is 3.71. The van der Waals surface area contributed by atoms with Crippen molar-refractivity contribution in [3.05, 3.63) is 33.8 Å². The molecule has 1 unspecified atom stereocenters. The van der Waals surface area contributed by atoms with Gasteiger partial charge >= 0.3 is 0 Å². The predicted octanol–water partition coefficient (Wildman–Crippen LogP) is 3.49. The Labute approximate surface area is 118 Å². The zero-order chi connectivity index (χ0) is 13.0. The van der Waals surface area contributed by atoms with Gasteiger partial charge in [-0.2, -0.15) is 0 Å². The molecule has 1 heterocycles. The number of halogens is 2. The molecule has 1 aromatic rings. The number of ketones is 1. The first-order valence-corrected chi connectivity index (χ1v) is 7.07. The smallest absolute Gasteiger partial charge is 0.137 e. The van der Waals surface area contributed by atoms with Crippen LogP contribution in [0.2, 0.25) is 10.0 Å². The van der Waals surface area contributed by atoms with Gasteiger partial charge in [0.25, 0.3) is 0 Å². The second kappa shape index (κ2) is 6.55. The Bertz CT molecular complexity index is 408. The first kappa shape index (κ1) is 13.9. The van der Waals surface area contributed by atoms with Crippen LogP contribution in [0.15, 0.2) is 18.2 Å². The Kier molecular flexibility index (Phi) is 5.04. The van der Waals surface area contributed by atoms with Crippen LogP contribution < -0.4 is 5.32 Å². The molecule has 18 heavy (non-hydrogen) atoms. The van der Waals surface area contributed by atoms with Gasteiger partial charge in [-0.1, -0.05) is 29.3 Å². The minimum Gasteiger partial charge on any atom is -0.316 e. The minimum absolute atomic E-state index is 0.221. The maximum Gasteiger partial charge on any atom is 0.137 e. The van der Waals surface area contributed by atoms with Crippen molar-refractivity contribution >= 4 is 29.0 Å². The highest BCUT2D eigenvalue weighted by atomic mass is 35.5. The van der Waals surface area contributed by atoms with Crippen LogP contribution in [-0.2, 0) is 11.2 Å². The zero-order valence-electron chi connectivity index (χ0n) is 10.2. The fraction of sp³-hybridized carbons (Fsp3) is 0.500.